The first kappa shape index (κ1) is 18.2. The van der Waals surface area contributed by atoms with E-state index in [1.165, 1.54) is 0 Å². The van der Waals surface area contributed by atoms with E-state index in [1.54, 1.807) is 19.5 Å². The third-order valence-corrected chi connectivity index (χ3v) is 5.38. The summed E-state index contributed by atoms with van der Waals surface area (Å²) in [5.74, 6) is 0.983. The summed E-state index contributed by atoms with van der Waals surface area (Å²) in [6, 6.07) is 9.88. The molecule has 144 valence electrons. The third-order valence-electron chi connectivity index (χ3n) is 5.38. The summed E-state index contributed by atoms with van der Waals surface area (Å²) >= 11 is 0. The molecular formula is C22H24N4O2. The van der Waals surface area contributed by atoms with Crippen LogP contribution in [0.2, 0.25) is 0 Å². The molecule has 0 spiro atoms. The smallest absolute Gasteiger partial charge is 0.227 e. The Morgan fingerprint density at radius 1 is 1.29 bits per heavy atom. The number of pyridine rings is 1. The van der Waals surface area contributed by atoms with E-state index in [4.69, 9.17) is 4.74 Å². The van der Waals surface area contributed by atoms with Gasteiger partial charge in [0.1, 0.15) is 5.75 Å². The van der Waals surface area contributed by atoms with Crippen molar-refractivity contribution in [1.82, 2.24) is 20.1 Å². The van der Waals surface area contributed by atoms with Gasteiger partial charge in [-0.25, -0.2) is 0 Å². The zero-order valence-electron chi connectivity index (χ0n) is 16.2. The summed E-state index contributed by atoms with van der Waals surface area (Å²) in [6.45, 7) is 2.77. The van der Waals surface area contributed by atoms with Crippen molar-refractivity contribution < 1.29 is 9.53 Å². The molecule has 1 fully saturated rings. The number of nitrogens with zero attached hydrogens (tertiary/aromatic N) is 3. The van der Waals surface area contributed by atoms with Crippen LogP contribution in [0.5, 0.6) is 5.75 Å². The second-order valence-corrected chi connectivity index (χ2v) is 7.16. The normalized spacial score (nSPS) is 16.4. The van der Waals surface area contributed by atoms with Crippen LogP contribution in [0.4, 0.5) is 0 Å². The lowest BCUT2D eigenvalue weighted by molar-refractivity contribution is -0.131. The van der Waals surface area contributed by atoms with Crippen molar-refractivity contribution in [2.75, 3.05) is 13.7 Å². The van der Waals surface area contributed by atoms with E-state index in [9.17, 15) is 4.79 Å². The lowest BCUT2D eigenvalue weighted by Gasteiger charge is -2.25. The molecule has 3 aromatic rings. The highest BCUT2D eigenvalue weighted by molar-refractivity contribution is 5.80. The molecule has 1 amide bonds. The number of amides is 1. The van der Waals surface area contributed by atoms with Gasteiger partial charge in [0, 0.05) is 24.5 Å². The van der Waals surface area contributed by atoms with Crippen LogP contribution in [0.15, 0.2) is 48.9 Å². The molecule has 6 nitrogen and oxygen atoms in total. The number of hydrogen-bond donors (Lipinski definition) is 1. The van der Waals surface area contributed by atoms with Gasteiger partial charge in [-0.2, -0.15) is 5.10 Å². The van der Waals surface area contributed by atoms with E-state index in [2.05, 4.69) is 15.2 Å². The quantitative estimate of drug-likeness (QED) is 0.737. The predicted octanol–water partition coefficient (Wildman–Crippen LogP) is 3.69. The minimum absolute atomic E-state index is 0.0255. The van der Waals surface area contributed by atoms with Crippen molar-refractivity contribution in [2.24, 2.45) is 0 Å². The maximum atomic E-state index is 13.1. The predicted molar refractivity (Wildman–Crippen MR) is 107 cm³/mol. The fourth-order valence-corrected chi connectivity index (χ4v) is 4.00. The van der Waals surface area contributed by atoms with Crippen molar-refractivity contribution >= 4 is 5.91 Å². The minimum atomic E-state index is 0.0255. The van der Waals surface area contributed by atoms with E-state index in [1.807, 2.05) is 48.4 Å². The van der Waals surface area contributed by atoms with Crippen molar-refractivity contribution in [3.63, 3.8) is 0 Å². The van der Waals surface area contributed by atoms with Crippen LogP contribution in [-0.2, 0) is 11.2 Å². The van der Waals surface area contributed by atoms with Crippen molar-refractivity contribution in [1.29, 1.82) is 0 Å². The number of benzene rings is 1. The molecule has 0 aliphatic carbocycles. The van der Waals surface area contributed by atoms with Crippen LogP contribution in [0.25, 0.3) is 11.1 Å². The molecule has 0 radical (unpaired) electrons. The molecule has 3 heterocycles. The fraction of sp³-hybridized carbons (Fsp3) is 0.318. The van der Waals surface area contributed by atoms with Crippen molar-refractivity contribution in [3.05, 3.63) is 65.7 Å². The summed E-state index contributed by atoms with van der Waals surface area (Å²) in [5.41, 5.74) is 5.14. The zero-order chi connectivity index (χ0) is 19.5. The number of aromatic amines is 1. The first-order valence-corrected chi connectivity index (χ1v) is 9.54. The average molecular weight is 376 g/mol. The number of likely N-dealkylation sites (tertiary alicyclic amines) is 1. The van der Waals surface area contributed by atoms with Crippen LogP contribution in [0, 0.1) is 6.92 Å². The van der Waals surface area contributed by atoms with Gasteiger partial charge in [0.2, 0.25) is 5.91 Å². The number of aryl methyl sites for hydroxylation is 1. The van der Waals surface area contributed by atoms with Crippen molar-refractivity contribution in [3.8, 4) is 16.9 Å². The highest BCUT2D eigenvalue weighted by atomic mass is 16.5. The van der Waals surface area contributed by atoms with E-state index in [0.29, 0.717) is 6.42 Å². The number of methoxy groups -OCH3 is 1. The number of H-pyrrole nitrogens is 1. The molecule has 1 atom stereocenters. The number of rotatable bonds is 5. The van der Waals surface area contributed by atoms with Gasteiger partial charge in [-0.15, -0.1) is 0 Å². The Labute approximate surface area is 164 Å². The van der Waals surface area contributed by atoms with E-state index < -0.39 is 0 Å². The standard InChI is InChI=1S/C22H24N4O2/c1-15-12-16(5-6-20(15)28-2)13-21(27)26-11-3-4-19(26)22-18(14-24-25-22)17-7-9-23-10-8-17/h5-10,12,14,19H,3-4,11,13H2,1-2H3,(H,24,25)/t19-/m1/s1. The van der Waals surface area contributed by atoms with Gasteiger partial charge >= 0.3 is 0 Å². The Kier molecular flexibility index (Phi) is 5.10. The van der Waals surface area contributed by atoms with Gasteiger partial charge in [0.25, 0.3) is 0 Å². The van der Waals surface area contributed by atoms with Gasteiger partial charge in [0.05, 0.1) is 31.5 Å². The highest BCUT2D eigenvalue weighted by Crippen LogP contribution is 2.36. The van der Waals surface area contributed by atoms with Gasteiger partial charge in [0.15, 0.2) is 0 Å². The van der Waals surface area contributed by atoms with E-state index >= 15 is 0 Å². The molecule has 6 heteroatoms. The molecule has 0 saturated carbocycles. The average Bonchev–Trinajstić information content (AvgIpc) is 3.38. The fourth-order valence-electron chi connectivity index (χ4n) is 4.00. The first-order chi connectivity index (χ1) is 13.7. The Balaban J connectivity index is 1.55. The molecule has 1 N–H and O–H groups in total. The molecule has 4 rings (SSSR count). The van der Waals surface area contributed by atoms with E-state index in [0.717, 1.165) is 53.1 Å². The summed E-state index contributed by atoms with van der Waals surface area (Å²) < 4.78 is 5.32. The molecule has 1 aliphatic rings. The second-order valence-electron chi connectivity index (χ2n) is 7.16. The Morgan fingerprint density at radius 2 is 2.11 bits per heavy atom. The largest absolute Gasteiger partial charge is 0.496 e. The summed E-state index contributed by atoms with van der Waals surface area (Å²) in [6.07, 6.45) is 7.70. The number of hydrogen-bond acceptors (Lipinski definition) is 4. The molecule has 2 aromatic heterocycles. The van der Waals surface area contributed by atoms with Crippen LogP contribution >= 0.6 is 0 Å². The third kappa shape index (κ3) is 3.50. The van der Waals surface area contributed by atoms with Crippen LogP contribution in [0.1, 0.15) is 35.7 Å². The Bertz CT molecular complexity index is 968. The second kappa shape index (κ2) is 7.84. The summed E-state index contributed by atoms with van der Waals surface area (Å²) in [7, 11) is 1.66. The topological polar surface area (TPSA) is 71.1 Å². The molecule has 1 aromatic carbocycles. The summed E-state index contributed by atoms with van der Waals surface area (Å²) in [4.78, 5) is 19.2. The van der Waals surface area contributed by atoms with Crippen molar-refractivity contribution in [2.45, 2.75) is 32.2 Å². The van der Waals surface area contributed by atoms with Crippen LogP contribution in [0.3, 0.4) is 0 Å². The zero-order valence-corrected chi connectivity index (χ0v) is 16.2. The van der Waals surface area contributed by atoms with Gasteiger partial charge in [-0.3, -0.25) is 14.9 Å². The molecule has 0 unspecified atom stereocenters. The molecule has 1 aliphatic heterocycles. The minimum Gasteiger partial charge on any atom is -0.496 e. The van der Waals surface area contributed by atoms with Gasteiger partial charge in [-0.05, 0) is 54.7 Å². The molecule has 1 saturated heterocycles. The van der Waals surface area contributed by atoms with Crippen LogP contribution in [-0.4, -0.2) is 39.6 Å². The Morgan fingerprint density at radius 3 is 2.86 bits per heavy atom. The lowest BCUT2D eigenvalue weighted by Crippen LogP contribution is -2.32. The first-order valence-electron chi connectivity index (χ1n) is 9.54. The SMILES string of the molecule is COc1ccc(CC(=O)N2CCC[C@@H]2c2[nH]ncc2-c2ccncc2)cc1C. The van der Waals surface area contributed by atoms with Gasteiger partial charge < -0.3 is 9.64 Å². The molecule has 28 heavy (non-hydrogen) atoms. The Hall–Kier alpha value is -3.15. The number of nitrogens with one attached hydrogen (secondary N) is 1. The number of carbonyl (C=O) groups is 1. The number of ether oxygens (including phenoxy) is 1. The van der Waals surface area contributed by atoms with Crippen LogP contribution < -0.4 is 4.74 Å². The monoisotopic (exact) mass is 376 g/mol. The van der Waals surface area contributed by atoms with Gasteiger partial charge in [-0.1, -0.05) is 12.1 Å². The number of carbonyl (C=O) groups excluding carboxylic acids is 1. The number of aromatic nitrogens is 3. The maximum Gasteiger partial charge on any atom is 0.227 e. The highest BCUT2D eigenvalue weighted by Gasteiger charge is 2.32. The lowest BCUT2D eigenvalue weighted by atomic mass is 10.0. The molecular weight excluding hydrogens is 352 g/mol. The maximum absolute atomic E-state index is 13.1. The summed E-state index contributed by atoms with van der Waals surface area (Å²) in [5, 5.41) is 7.39. The molecule has 0 bridgehead atoms. The van der Waals surface area contributed by atoms with E-state index in [-0.39, 0.29) is 11.9 Å².